The van der Waals surface area contributed by atoms with Crippen LogP contribution in [0.25, 0.3) is 0 Å². The van der Waals surface area contributed by atoms with Gasteiger partial charge in [0.05, 0.1) is 12.6 Å². The third-order valence-electron chi connectivity index (χ3n) is 5.14. The van der Waals surface area contributed by atoms with E-state index >= 15 is 0 Å². The average molecular weight is 368 g/mol. The van der Waals surface area contributed by atoms with E-state index in [9.17, 15) is 9.59 Å². The van der Waals surface area contributed by atoms with E-state index in [-0.39, 0.29) is 24.5 Å². The van der Waals surface area contributed by atoms with Crippen LogP contribution < -0.4 is 4.90 Å². The van der Waals surface area contributed by atoms with Gasteiger partial charge >= 0.3 is 0 Å². The molecule has 1 aromatic heterocycles. The molecule has 1 unspecified atom stereocenters. The van der Waals surface area contributed by atoms with E-state index < -0.39 is 0 Å². The molecule has 1 fully saturated rings. The summed E-state index contributed by atoms with van der Waals surface area (Å²) in [5.41, 5.74) is 1.99. The minimum absolute atomic E-state index is 0.0150. The molecular weight excluding hydrogens is 344 g/mol. The first-order valence-corrected chi connectivity index (χ1v) is 9.46. The van der Waals surface area contributed by atoms with E-state index in [1.54, 1.807) is 11.1 Å². The predicted molar refractivity (Wildman–Crippen MR) is 100 cm³/mol. The first-order valence-electron chi connectivity index (χ1n) is 9.46. The van der Waals surface area contributed by atoms with Gasteiger partial charge in [0.25, 0.3) is 0 Å². The number of rotatable bonds is 4. The Hall–Kier alpha value is -2.67. The fourth-order valence-electron chi connectivity index (χ4n) is 3.75. The van der Waals surface area contributed by atoms with Crippen molar-refractivity contribution < 1.29 is 14.3 Å². The molecule has 2 aliphatic heterocycles. The van der Waals surface area contributed by atoms with Crippen molar-refractivity contribution in [3.05, 3.63) is 48.3 Å². The van der Waals surface area contributed by atoms with Crippen molar-refractivity contribution in [1.82, 2.24) is 14.7 Å². The van der Waals surface area contributed by atoms with Crippen LogP contribution >= 0.6 is 0 Å². The van der Waals surface area contributed by atoms with E-state index in [0.29, 0.717) is 32.7 Å². The molecule has 7 heteroatoms. The lowest BCUT2D eigenvalue weighted by molar-refractivity contribution is -0.132. The van der Waals surface area contributed by atoms with Crippen LogP contribution in [0.3, 0.4) is 0 Å². The molecule has 27 heavy (non-hydrogen) atoms. The van der Waals surface area contributed by atoms with Crippen LogP contribution in [0.2, 0.25) is 0 Å². The third kappa shape index (κ3) is 4.03. The highest BCUT2D eigenvalue weighted by atomic mass is 16.5. The van der Waals surface area contributed by atoms with Gasteiger partial charge in [-0.05, 0) is 30.5 Å². The quantitative estimate of drug-likeness (QED) is 0.820. The minimum atomic E-state index is -0.0966. The van der Waals surface area contributed by atoms with Crippen molar-refractivity contribution in [2.45, 2.75) is 31.9 Å². The second-order valence-corrected chi connectivity index (χ2v) is 7.02. The molecule has 1 aromatic carbocycles. The van der Waals surface area contributed by atoms with Crippen LogP contribution in [-0.2, 0) is 27.3 Å². The molecule has 0 N–H and O–H groups in total. The number of ether oxygens (including phenoxy) is 1. The average Bonchev–Trinajstić information content (AvgIpc) is 3.07. The summed E-state index contributed by atoms with van der Waals surface area (Å²) in [6, 6.07) is 9.71. The zero-order valence-corrected chi connectivity index (χ0v) is 15.3. The van der Waals surface area contributed by atoms with Crippen molar-refractivity contribution in [3.63, 3.8) is 0 Å². The molecule has 0 spiro atoms. The van der Waals surface area contributed by atoms with Crippen LogP contribution in [0.4, 0.5) is 5.69 Å². The molecule has 2 amide bonds. The van der Waals surface area contributed by atoms with Gasteiger partial charge in [0.15, 0.2) is 0 Å². The second kappa shape index (κ2) is 7.92. The van der Waals surface area contributed by atoms with E-state index in [1.807, 2.05) is 46.1 Å². The Morgan fingerprint density at radius 2 is 2.11 bits per heavy atom. The van der Waals surface area contributed by atoms with Gasteiger partial charge in [0, 0.05) is 44.2 Å². The normalized spacial score (nSPS) is 20.3. The first-order chi connectivity index (χ1) is 13.2. The number of anilines is 1. The molecular formula is C20H24N4O3. The number of para-hydroxylation sites is 1. The maximum Gasteiger partial charge on any atom is 0.242 e. The van der Waals surface area contributed by atoms with Crippen molar-refractivity contribution in [2.75, 3.05) is 31.1 Å². The second-order valence-electron chi connectivity index (χ2n) is 7.02. The molecule has 0 bridgehead atoms. The van der Waals surface area contributed by atoms with Crippen LogP contribution in [0.15, 0.2) is 42.7 Å². The maximum absolute atomic E-state index is 13.0. The fraction of sp³-hybridized carbons (Fsp3) is 0.450. The van der Waals surface area contributed by atoms with Gasteiger partial charge in [0.1, 0.15) is 6.54 Å². The number of aryl methyl sites for hydroxylation is 1. The highest BCUT2D eigenvalue weighted by Gasteiger charge is 2.29. The van der Waals surface area contributed by atoms with Crippen molar-refractivity contribution in [3.8, 4) is 0 Å². The number of hydrogen-bond acceptors (Lipinski definition) is 4. The van der Waals surface area contributed by atoms with E-state index in [4.69, 9.17) is 4.74 Å². The summed E-state index contributed by atoms with van der Waals surface area (Å²) in [4.78, 5) is 28.9. The predicted octanol–water partition coefficient (Wildman–Crippen LogP) is 1.48. The van der Waals surface area contributed by atoms with Gasteiger partial charge in [-0.2, -0.15) is 5.10 Å². The number of benzene rings is 1. The maximum atomic E-state index is 13.0. The van der Waals surface area contributed by atoms with E-state index in [2.05, 4.69) is 5.10 Å². The molecule has 0 aliphatic carbocycles. The van der Waals surface area contributed by atoms with Crippen LogP contribution in [0, 0.1) is 0 Å². The summed E-state index contributed by atoms with van der Waals surface area (Å²) < 4.78 is 7.71. The number of carbonyl (C=O) groups is 2. The molecule has 2 aromatic rings. The van der Waals surface area contributed by atoms with Gasteiger partial charge in [-0.25, -0.2) is 0 Å². The summed E-state index contributed by atoms with van der Waals surface area (Å²) in [6.07, 6.45) is 5.52. The number of amides is 2. The van der Waals surface area contributed by atoms with Gasteiger partial charge in [0.2, 0.25) is 11.8 Å². The molecule has 1 saturated heterocycles. The molecule has 3 heterocycles. The largest absolute Gasteiger partial charge is 0.374 e. The number of fused-ring (bicyclic) bond motifs is 1. The Morgan fingerprint density at radius 3 is 2.96 bits per heavy atom. The molecule has 0 radical (unpaired) electrons. The summed E-state index contributed by atoms with van der Waals surface area (Å²) in [5, 5.41) is 4.22. The first kappa shape index (κ1) is 17.7. The van der Waals surface area contributed by atoms with E-state index in [0.717, 1.165) is 24.1 Å². The summed E-state index contributed by atoms with van der Waals surface area (Å²) in [7, 11) is 0. The molecule has 142 valence electrons. The zero-order chi connectivity index (χ0) is 18.6. The Balaban J connectivity index is 1.44. The number of carbonyl (C=O) groups excluding carboxylic acids is 2. The van der Waals surface area contributed by atoms with E-state index in [1.165, 1.54) is 0 Å². The molecule has 0 saturated carbocycles. The van der Waals surface area contributed by atoms with Gasteiger partial charge in [-0.3, -0.25) is 14.3 Å². The molecule has 1 atom stereocenters. The molecule has 7 nitrogen and oxygen atoms in total. The van der Waals surface area contributed by atoms with Gasteiger partial charge in [-0.15, -0.1) is 0 Å². The Kier molecular flexibility index (Phi) is 5.20. The Morgan fingerprint density at radius 1 is 1.22 bits per heavy atom. The number of aromatic nitrogens is 2. The lowest BCUT2D eigenvalue weighted by atomic mass is 10.0. The lowest BCUT2D eigenvalue weighted by Gasteiger charge is -2.31. The highest BCUT2D eigenvalue weighted by molar-refractivity contribution is 6.01. The van der Waals surface area contributed by atoms with Gasteiger partial charge < -0.3 is 14.5 Å². The topological polar surface area (TPSA) is 67.7 Å². The number of nitrogens with zero attached hydrogens (tertiary/aromatic N) is 4. The number of hydrogen-bond donors (Lipinski definition) is 0. The van der Waals surface area contributed by atoms with Crippen molar-refractivity contribution in [1.29, 1.82) is 0 Å². The van der Waals surface area contributed by atoms with Crippen LogP contribution in [0.1, 0.15) is 18.4 Å². The van der Waals surface area contributed by atoms with Crippen LogP contribution in [-0.4, -0.2) is 58.8 Å². The standard InChI is InChI=1S/C20H24N4O3/c25-19-8-7-16-5-1-2-6-18(16)24(19)15-20(26)22-10-4-12-27-17(13-22)14-23-11-3-9-21-23/h1-3,5-6,9,11,17H,4,7-8,10,12-15H2. The van der Waals surface area contributed by atoms with Crippen LogP contribution in [0.5, 0.6) is 0 Å². The smallest absolute Gasteiger partial charge is 0.242 e. The lowest BCUT2D eigenvalue weighted by Crippen LogP contribution is -2.47. The Bertz CT molecular complexity index is 805. The summed E-state index contributed by atoms with van der Waals surface area (Å²) in [5.74, 6) is -0.0165. The zero-order valence-electron chi connectivity index (χ0n) is 15.3. The summed E-state index contributed by atoms with van der Waals surface area (Å²) >= 11 is 0. The highest BCUT2D eigenvalue weighted by Crippen LogP contribution is 2.27. The fourth-order valence-corrected chi connectivity index (χ4v) is 3.75. The molecule has 4 rings (SSSR count). The Labute approximate surface area is 158 Å². The minimum Gasteiger partial charge on any atom is -0.374 e. The third-order valence-corrected chi connectivity index (χ3v) is 5.14. The van der Waals surface area contributed by atoms with Crippen molar-refractivity contribution in [2.24, 2.45) is 0 Å². The molecule has 2 aliphatic rings. The van der Waals surface area contributed by atoms with Crippen molar-refractivity contribution >= 4 is 17.5 Å². The monoisotopic (exact) mass is 368 g/mol. The summed E-state index contributed by atoms with van der Waals surface area (Å²) in [6.45, 7) is 2.49. The van der Waals surface area contributed by atoms with Gasteiger partial charge in [-0.1, -0.05) is 18.2 Å². The SMILES string of the molecule is O=C(CN1C(=O)CCc2ccccc21)N1CCCOC(Cn2cccn2)C1.